The summed E-state index contributed by atoms with van der Waals surface area (Å²) in [5.74, 6) is 0.361. The molecule has 2 heterocycles. The zero-order chi connectivity index (χ0) is 19.4. The van der Waals surface area contributed by atoms with Gasteiger partial charge >= 0.3 is 0 Å². The Hall–Kier alpha value is -1.64. The van der Waals surface area contributed by atoms with Gasteiger partial charge in [0.15, 0.2) is 0 Å². The molecule has 0 bridgehead atoms. The van der Waals surface area contributed by atoms with Gasteiger partial charge in [-0.2, -0.15) is 0 Å². The normalized spacial score (nSPS) is 23.1. The highest BCUT2D eigenvalue weighted by Gasteiger charge is 2.30. The first kappa shape index (κ1) is 20.1. The number of piperidine rings is 2. The first-order chi connectivity index (χ1) is 12.8. The van der Waals surface area contributed by atoms with Crippen LogP contribution in [0.3, 0.4) is 0 Å². The lowest BCUT2D eigenvalue weighted by molar-refractivity contribution is -0.120. The Kier molecular flexibility index (Phi) is 6.39. The number of carbonyl (C=O) groups excluding carboxylic acids is 1. The molecule has 0 spiro atoms. The van der Waals surface area contributed by atoms with Crippen molar-refractivity contribution in [3.8, 4) is 5.75 Å². The molecule has 27 heavy (non-hydrogen) atoms. The number of anilines is 1. The summed E-state index contributed by atoms with van der Waals surface area (Å²) in [5, 5.41) is 2.90. The second-order valence-electron chi connectivity index (χ2n) is 7.59. The van der Waals surface area contributed by atoms with E-state index in [1.165, 1.54) is 10.6 Å². The first-order valence-corrected chi connectivity index (χ1v) is 11.4. The van der Waals surface area contributed by atoms with Crippen molar-refractivity contribution < 1.29 is 17.9 Å². The third-order valence-corrected chi connectivity index (χ3v) is 6.58. The van der Waals surface area contributed by atoms with Crippen molar-refractivity contribution in [3.63, 3.8) is 0 Å². The molecule has 0 radical (unpaired) electrons. The number of hydrogen-bond acceptors (Lipinski definition) is 5. The molecule has 1 amide bonds. The number of amides is 1. The van der Waals surface area contributed by atoms with E-state index in [1.807, 2.05) is 24.3 Å². The van der Waals surface area contributed by atoms with E-state index in [2.05, 4.69) is 17.3 Å². The highest BCUT2D eigenvalue weighted by molar-refractivity contribution is 7.88. The molecule has 1 N–H and O–H groups in total. The van der Waals surface area contributed by atoms with Crippen molar-refractivity contribution in [2.75, 3.05) is 44.8 Å². The Bertz CT molecular complexity index is 743. The van der Waals surface area contributed by atoms with Gasteiger partial charge in [-0.25, -0.2) is 12.7 Å². The van der Waals surface area contributed by atoms with Crippen LogP contribution in [0.4, 0.5) is 5.69 Å². The van der Waals surface area contributed by atoms with Crippen molar-refractivity contribution in [2.45, 2.75) is 31.8 Å². The van der Waals surface area contributed by atoms with Gasteiger partial charge in [0.1, 0.15) is 11.9 Å². The number of ether oxygens (including phenoxy) is 1. The molecular weight excluding hydrogens is 366 g/mol. The number of sulfonamides is 1. The summed E-state index contributed by atoms with van der Waals surface area (Å²) in [6.07, 6.45) is 4.88. The van der Waals surface area contributed by atoms with Crippen LogP contribution in [0, 0.1) is 5.92 Å². The number of nitrogens with one attached hydrogen (secondary N) is 1. The van der Waals surface area contributed by atoms with E-state index in [-0.39, 0.29) is 24.5 Å². The molecule has 2 saturated heterocycles. The standard InChI is InChI=1S/C19H29N3O4S/c1-21-12-9-18(10-13-21)26-17-7-5-16(6-8-17)20-19(23)15-4-3-11-22(14-15)27(2,24)25/h5-8,15,18H,3-4,9-14H2,1-2H3,(H,20,23)/t15-/m0/s1. The molecule has 0 unspecified atom stereocenters. The summed E-state index contributed by atoms with van der Waals surface area (Å²) in [6, 6.07) is 7.41. The number of hydrogen-bond donors (Lipinski definition) is 1. The van der Waals surface area contributed by atoms with Crippen molar-refractivity contribution in [2.24, 2.45) is 5.92 Å². The lowest BCUT2D eigenvalue weighted by Gasteiger charge is -2.30. The molecular formula is C19H29N3O4S. The summed E-state index contributed by atoms with van der Waals surface area (Å²) in [6.45, 7) is 2.84. The van der Waals surface area contributed by atoms with Crippen molar-refractivity contribution in [1.82, 2.24) is 9.21 Å². The summed E-state index contributed by atoms with van der Waals surface area (Å²) >= 11 is 0. The van der Waals surface area contributed by atoms with Crippen LogP contribution >= 0.6 is 0 Å². The lowest BCUT2D eigenvalue weighted by atomic mass is 9.98. The highest BCUT2D eigenvalue weighted by atomic mass is 32.2. The van der Waals surface area contributed by atoms with Crippen LogP contribution in [0.25, 0.3) is 0 Å². The molecule has 0 aliphatic carbocycles. The maximum absolute atomic E-state index is 12.5. The Morgan fingerprint density at radius 3 is 2.41 bits per heavy atom. The molecule has 7 nitrogen and oxygen atoms in total. The Morgan fingerprint density at radius 2 is 1.78 bits per heavy atom. The number of rotatable bonds is 5. The van der Waals surface area contributed by atoms with E-state index < -0.39 is 10.0 Å². The van der Waals surface area contributed by atoms with Crippen LogP contribution < -0.4 is 10.1 Å². The molecule has 2 fully saturated rings. The number of carbonyl (C=O) groups is 1. The third-order valence-electron chi connectivity index (χ3n) is 5.31. The molecule has 0 saturated carbocycles. The maximum Gasteiger partial charge on any atom is 0.228 e. The Balaban J connectivity index is 1.52. The van der Waals surface area contributed by atoms with Gasteiger partial charge in [0.2, 0.25) is 15.9 Å². The quantitative estimate of drug-likeness (QED) is 0.822. The molecule has 0 aromatic heterocycles. The number of likely N-dealkylation sites (tertiary alicyclic amines) is 1. The van der Waals surface area contributed by atoms with Gasteiger partial charge in [-0.15, -0.1) is 0 Å². The van der Waals surface area contributed by atoms with E-state index >= 15 is 0 Å². The minimum Gasteiger partial charge on any atom is -0.490 e. The Morgan fingerprint density at radius 1 is 1.11 bits per heavy atom. The lowest BCUT2D eigenvalue weighted by Crippen LogP contribution is -2.43. The van der Waals surface area contributed by atoms with E-state index in [9.17, 15) is 13.2 Å². The van der Waals surface area contributed by atoms with Crippen molar-refractivity contribution in [3.05, 3.63) is 24.3 Å². The third kappa shape index (κ3) is 5.67. The van der Waals surface area contributed by atoms with Crippen LogP contribution in [0.5, 0.6) is 5.75 Å². The van der Waals surface area contributed by atoms with Crippen molar-refractivity contribution >= 4 is 21.6 Å². The summed E-state index contributed by atoms with van der Waals surface area (Å²) in [4.78, 5) is 14.8. The minimum absolute atomic E-state index is 0.132. The average Bonchev–Trinajstić information content (AvgIpc) is 2.64. The summed E-state index contributed by atoms with van der Waals surface area (Å²) in [5.41, 5.74) is 0.701. The van der Waals surface area contributed by atoms with E-state index in [0.717, 1.165) is 31.7 Å². The predicted octanol–water partition coefficient (Wildman–Crippen LogP) is 1.77. The van der Waals surface area contributed by atoms with Crippen molar-refractivity contribution in [1.29, 1.82) is 0 Å². The van der Waals surface area contributed by atoms with Gasteiger partial charge in [-0.1, -0.05) is 0 Å². The van der Waals surface area contributed by atoms with Gasteiger partial charge in [-0.3, -0.25) is 4.79 Å². The Labute approximate surface area is 161 Å². The molecule has 8 heteroatoms. The zero-order valence-electron chi connectivity index (χ0n) is 16.1. The molecule has 2 aliphatic rings. The first-order valence-electron chi connectivity index (χ1n) is 9.52. The molecule has 3 rings (SSSR count). The topological polar surface area (TPSA) is 79.0 Å². The summed E-state index contributed by atoms with van der Waals surface area (Å²) in [7, 11) is -1.13. The van der Waals surface area contributed by atoms with Gasteiger partial charge < -0.3 is 15.0 Å². The van der Waals surface area contributed by atoms with Gasteiger partial charge in [0.25, 0.3) is 0 Å². The smallest absolute Gasteiger partial charge is 0.228 e. The molecule has 1 aromatic rings. The van der Waals surface area contributed by atoms with Crippen LogP contribution in [0.15, 0.2) is 24.3 Å². The fourth-order valence-electron chi connectivity index (χ4n) is 3.61. The SMILES string of the molecule is CN1CCC(Oc2ccc(NC(=O)[C@H]3CCCN(S(C)(=O)=O)C3)cc2)CC1. The van der Waals surface area contributed by atoms with Gasteiger partial charge in [0.05, 0.1) is 12.2 Å². The fraction of sp³-hybridized carbons (Fsp3) is 0.632. The van der Waals surface area contributed by atoms with Crippen LogP contribution in [0.2, 0.25) is 0 Å². The second-order valence-corrected chi connectivity index (χ2v) is 9.58. The molecule has 150 valence electrons. The second kappa shape index (κ2) is 8.58. The molecule has 1 atom stereocenters. The largest absolute Gasteiger partial charge is 0.490 e. The van der Waals surface area contributed by atoms with Gasteiger partial charge in [-0.05, 0) is 57.0 Å². The highest BCUT2D eigenvalue weighted by Crippen LogP contribution is 2.23. The van der Waals surface area contributed by atoms with Crippen LogP contribution in [0.1, 0.15) is 25.7 Å². The van der Waals surface area contributed by atoms with E-state index in [4.69, 9.17) is 4.74 Å². The monoisotopic (exact) mass is 395 g/mol. The fourth-order valence-corrected chi connectivity index (χ4v) is 4.53. The van der Waals surface area contributed by atoms with E-state index in [0.29, 0.717) is 25.1 Å². The van der Waals surface area contributed by atoms with Crippen LogP contribution in [-0.4, -0.2) is 69.1 Å². The summed E-state index contributed by atoms with van der Waals surface area (Å²) < 4.78 is 30.8. The number of nitrogens with zero attached hydrogens (tertiary/aromatic N) is 2. The average molecular weight is 396 g/mol. The number of benzene rings is 1. The maximum atomic E-state index is 12.5. The van der Waals surface area contributed by atoms with Crippen LogP contribution in [-0.2, 0) is 14.8 Å². The van der Waals surface area contributed by atoms with E-state index in [1.54, 1.807) is 0 Å². The molecule has 2 aliphatic heterocycles. The predicted molar refractivity (Wildman–Crippen MR) is 105 cm³/mol. The zero-order valence-corrected chi connectivity index (χ0v) is 16.9. The van der Waals surface area contributed by atoms with Gasteiger partial charge in [0, 0.05) is 31.9 Å². The minimum atomic E-state index is -3.25. The molecule has 1 aromatic carbocycles.